The number of carbonyl (C=O) groups excluding carboxylic acids is 1. The molecule has 2 N–H and O–H groups in total. The zero-order valence-corrected chi connectivity index (χ0v) is 15.7. The van der Waals surface area contributed by atoms with E-state index >= 15 is 0 Å². The minimum atomic E-state index is -1.00. The second-order valence-corrected chi connectivity index (χ2v) is 6.48. The van der Waals surface area contributed by atoms with Gasteiger partial charge in [-0.05, 0) is 42.8 Å². The van der Waals surface area contributed by atoms with Crippen LogP contribution in [0, 0.1) is 0 Å². The summed E-state index contributed by atoms with van der Waals surface area (Å²) in [4.78, 5) is 27.9. The zero-order valence-electron chi connectivity index (χ0n) is 14.9. The summed E-state index contributed by atoms with van der Waals surface area (Å²) < 4.78 is 5.72. The van der Waals surface area contributed by atoms with Crippen LogP contribution in [0.2, 0.25) is 5.02 Å². The first kappa shape index (κ1) is 19.4. The Morgan fingerprint density at radius 1 is 1.11 bits per heavy atom. The van der Waals surface area contributed by atoms with E-state index in [1.807, 2.05) is 18.2 Å². The van der Waals surface area contributed by atoms with E-state index in [2.05, 4.69) is 10.3 Å². The van der Waals surface area contributed by atoms with Gasteiger partial charge in [-0.25, -0.2) is 9.78 Å². The Hall–Kier alpha value is -3.38. The average molecular weight is 397 g/mol. The minimum Gasteiger partial charge on any atom is -0.478 e. The molecule has 6 nitrogen and oxygen atoms in total. The number of amides is 1. The highest BCUT2D eigenvalue weighted by molar-refractivity contribution is 6.30. The van der Waals surface area contributed by atoms with Crippen molar-refractivity contribution < 1.29 is 19.4 Å². The lowest BCUT2D eigenvalue weighted by Gasteiger charge is -2.16. The van der Waals surface area contributed by atoms with Crippen LogP contribution in [0.4, 0.5) is 0 Å². The van der Waals surface area contributed by atoms with E-state index in [0.29, 0.717) is 10.8 Å². The predicted octanol–water partition coefficient (Wildman–Crippen LogP) is 4.72. The fourth-order valence-electron chi connectivity index (χ4n) is 2.54. The molecule has 0 fully saturated rings. The Labute approximate surface area is 166 Å². The van der Waals surface area contributed by atoms with Crippen molar-refractivity contribution in [3.63, 3.8) is 0 Å². The van der Waals surface area contributed by atoms with Crippen LogP contribution >= 0.6 is 11.6 Å². The van der Waals surface area contributed by atoms with Crippen LogP contribution in [0.5, 0.6) is 11.6 Å². The minimum absolute atomic E-state index is 0.140. The molecular weight excluding hydrogens is 380 g/mol. The normalized spacial score (nSPS) is 11.5. The first-order valence-electron chi connectivity index (χ1n) is 8.46. The summed E-state index contributed by atoms with van der Waals surface area (Å²) in [7, 11) is 0. The molecule has 0 aliphatic rings. The van der Waals surface area contributed by atoms with E-state index < -0.39 is 11.9 Å². The second-order valence-electron chi connectivity index (χ2n) is 6.04. The molecule has 1 aromatic heterocycles. The highest BCUT2D eigenvalue weighted by Gasteiger charge is 2.18. The van der Waals surface area contributed by atoms with Crippen LogP contribution in [-0.2, 0) is 0 Å². The van der Waals surface area contributed by atoms with Gasteiger partial charge in [0.05, 0.1) is 16.6 Å². The van der Waals surface area contributed by atoms with Gasteiger partial charge in [0, 0.05) is 6.20 Å². The Balaban J connectivity index is 1.79. The van der Waals surface area contributed by atoms with Crippen molar-refractivity contribution in [2.75, 3.05) is 0 Å². The number of carbonyl (C=O) groups is 2. The number of halogens is 1. The highest BCUT2D eigenvalue weighted by Crippen LogP contribution is 2.26. The summed E-state index contributed by atoms with van der Waals surface area (Å²) in [5, 5.41) is 12.1. The van der Waals surface area contributed by atoms with Crippen molar-refractivity contribution in [1.29, 1.82) is 0 Å². The van der Waals surface area contributed by atoms with Gasteiger partial charge in [-0.1, -0.05) is 41.9 Å². The fourth-order valence-corrected chi connectivity index (χ4v) is 2.70. The molecule has 0 saturated carbocycles. The standard InChI is InChI=1S/C21H17ClN2O4/c1-13(14-7-9-15(10-8-14)21(26)27)24-19(25)18-11-16(22)12-23-20(18)28-17-5-3-2-4-6-17/h2-13H,1H3,(H,24,25)(H,26,27)/t13-/m0/s1. The molecule has 0 spiro atoms. The van der Waals surface area contributed by atoms with Crippen LogP contribution in [0.25, 0.3) is 0 Å². The summed E-state index contributed by atoms with van der Waals surface area (Å²) in [5.74, 6) is -0.725. The van der Waals surface area contributed by atoms with E-state index in [0.717, 1.165) is 5.56 Å². The van der Waals surface area contributed by atoms with Gasteiger partial charge in [-0.15, -0.1) is 0 Å². The van der Waals surface area contributed by atoms with Crippen molar-refractivity contribution in [2.24, 2.45) is 0 Å². The maximum Gasteiger partial charge on any atom is 0.335 e. The molecule has 0 radical (unpaired) electrons. The molecule has 0 aliphatic heterocycles. The molecule has 0 bridgehead atoms. The maximum atomic E-state index is 12.8. The Morgan fingerprint density at radius 2 is 1.79 bits per heavy atom. The fraction of sp³-hybridized carbons (Fsp3) is 0.0952. The van der Waals surface area contributed by atoms with E-state index in [1.54, 1.807) is 31.2 Å². The average Bonchev–Trinajstić information content (AvgIpc) is 2.70. The molecule has 28 heavy (non-hydrogen) atoms. The number of nitrogens with zero attached hydrogens (tertiary/aromatic N) is 1. The van der Waals surface area contributed by atoms with Gasteiger partial charge in [-0.2, -0.15) is 0 Å². The molecule has 142 valence electrons. The molecule has 3 aromatic rings. The number of aromatic carboxylic acids is 1. The lowest BCUT2D eigenvalue weighted by Crippen LogP contribution is -2.27. The molecule has 7 heteroatoms. The lowest BCUT2D eigenvalue weighted by atomic mass is 10.1. The van der Waals surface area contributed by atoms with Crippen LogP contribution in [0.15, 0.2) is 66.9 Å². The Morgan fingerprint density at radius 3 is 2.43 bits per heavy atom. The number of carboxylic acids is 1. The van der Waals surface area contributed by atoms with Gasteiger partial charge in [0.25, 0.3) is 5.91 Å². The molecule has 0 aliphatic carbocycles. The molecule has 3 rings (SSSR count). The lowest BCUT2D eigenvalue weighted by molar-refractivity contribution is 0.0696. The molecule has 1 amide bonds. The number of carboxylic acid groups (broad SMARTS) is 1. The van der Waals surface area contributed by atoms with Crippen molar-refractivity contribution in [3.05, 3.63) is 88.6 Å². The number of hydrogen-bond acceptors (Lipinski definition) is 4. The third kappa shape index (κ3) is 4.66. The SMILES string of the molecule is C[C@H](NC(=O)c1cc(Cl)cnc1Oc1ccccc1)c1ccc(C(=O)O)cc1. The summed E-state index contributed by atoms with van der Waals surface area (Å²) in [5.41, 5.74) is 1.14. The van der Waals surface area contributed by atoms with Crippen molar-refractivity contribution in [3.8, 4) is 11.6 Å². The largest absolute Gasteiger partial charge is 0.478 e. The highest BCUT2D eigenvalue weighted by atomic mass is 35.5. The van der Waals surface area contributed by atoms with Crippen molar-refractivity contribution in [1.82, 2.24) is 10.3 Å². The summed E-state index contributed by atoms with van der Waals surface area (Å²) >= 11 is 6.01. The smallest absolute Gasteiger partial charge is 0.335 e. The number of nitrogens with one attached hydrogen (secondary N) is 1. The van der Waals surface area contributed by atoms with Gasteiger partial charge in [0.1, 0.15) is 11.3 Å². The Bertz CT molecular complexity index is 991. The summed E-state index contributed by atoms with van der Waals surface area (Å²) in [6.07, 6.45) is 1.41. The third-order valence-corrected chi connectivity index (χ3v) is 4.23. The molecule has 1 heterocycles. The first-order valence-corrected chi connectivity index (χ1v) is 8.84. The van der Waals surface area contributed by atoms with E-state index in [1.165, 1.54) is 24.4 Å². The van der Waals surface area contributed by atoms with Gasteiger partial charge in [-0.3, -0.25) is 4.79 Å². The number of pyridine rings is 1. The second kappa shape index (κ2) is 8.54. The van der Waals surface area contributed by atoms with E-state index in [4.69, 9.17) is 21.4 Å². The molecular formula is C21H17ClN2O4. The van der Waals surface area contributed by atoms with Gasteiger partial charge in [0.2, 0.25) is 5.88 Å². The molecule has 2 aromatic carbocycles. The molecule has 1 atom stereocenters. The monoisotopic (exact) mass is 396 g/mol. The maximum absolute atomic E-state index is 12.8. The third-order valence-electron chi connectivity index (χ3n) is 4.03. The Kier molecular flexibility index (Phi) is 5.91. The number of para-hydroxylation sites is 1. The van der Waals surface area contributed by atoms with Crippen LogP contribution in [-0.4, -0.2) is 22.0 Å². The van der Waals surface area contributed by atoms with Gasteiger partial charge in [0.15, 0.2) is 0 Å². The van der Waals surface area contributed by atoms with Crippen molar-refractivity contribution >= 4 is 23.5 Å². The van der Waals surface area contributed by atoms with E-state index in [-0.39, 0.29) is 23.0 Å². The summed E-state index contributed by atoms with van der Waals surface area (Å²) in [6.45, 7) is 1.80. The number of benzene rings is 2. The molecule has 0 saturated heterocycles. The number of hydrogen-bond donors (Lipinski definition) is 2. The van der Waals surface area contributed by atoms with Crippen LogP contribution < -0.4 is 10.1 Å². The number of rotatable bonds is 6. The number of aromatic nitrogens is 1. The zero-order chi connectivity index (χ0) is 20.1. The van der Waals surface area contributed by atoms with Crippen LogP contribution in [0.1, 0.15) is 39.2 Å². The van der Waals surface area contributed by atoms with Gasteiger partial charge < -0.3 is 15.2 Å². The van der Waals surface area contributed by atoms with Crippen molar-refractivity contribution in [2.45, 2.75) is 13.0 Å². The summed E-state index contributed by atoms with van der Waals surface area (Å²) in [6, 6.07) is 16.4. The van der Waals surface area contributed by atoms with E-state index in [9.17, 15) is 9.59 Å². The number of ether oxygens (including phenoxy) is 1. The molecule has 0 unspecified atom stereocenters. The van der Waals surface area contributed by atoms with Gasteiger partial charge >= 0.3 is 5.97 Å². The topological polar surface area (TPSA) is 88.5 Å². The first-order chi connectivity index (χ1) is 13.4. The predicted molar refractivity (Wildman–Crippen MR) is 105 cm³/mol. The van der Waals surface area contributed by atoms with Crippen LogP contribution in [0.3, 0.4) is 0 Å². The quantitative estimate of drug-likeness (QED) is 0.629.